The lowest BCUT2D eigenvalue weighted by atomic mass is 9.98. The number of piperazine rings is 1. The van der Waals surface area contributed by atoms with Crippen LogP contribution in [0, 0.1) is 0 Å². The second-order valence-corrected chi connectivity index (χ2v) is 12.9. The summed E-state index contributed by atoms with van der Waals surface area (Å²) in [6.07, 6.45) is 0. The Morgan fingerprint density at radius 1 is 0.875 bits per heavy atom. The van der Waals surface area contributed by atoms with Gasteiger partial charge in [-0.15, -0.1) is 11.8 Å². The third-order valence-electron chi connectivity index (χ3n) is 8.61. The predicted molar refractivity (Wildman–Crippen MR) is 186 cm³/mol. The number of halogens is 1. The first-order chi connectivity index (χ1) is 23.2. The van der Waals surface area contributed by atoms with E-state index in [4.69, 9.17) is 30.9 Å². The van der Waals surface area contributed by atoms with Crippen molar-refractivity contribution >= 4 is 46.9 Å². The van der Waals surface area contributed by atoms with Crippen molar-refractivity contribution in [3.63, 3.8) is 0 Å². The molecule has 3 amide bonds. The number of carbonyl (C=O) groups excluding carboxylic acids is 3. The number of carbonyl (C=O) groups is 3. The smallest absolute Gasteiger partial charge is 0.242 e. The van der Waals surface area contributed by atoms with Crippen molar-refractivity contribution in [2.24, 2.45) is 0 Å². The van der Waals surface area contributed by atoms with E-state index in [9.17, 15) is 14.4 Å². The molecule has 1 fully saturated rings. The Kier molecular flexibility index (Phi) is 9.83. The fraction of sp³-hybridized carbons (Fsp3) is 0.314. The van der Waals surface area contributed by atoms with Crippen LogP contribution in [0.3, 0.4) is 0 Å². The number of aromatic nitrogens is 2. The standard InChI is InChI=1S/C35H36ClN5O6S/c1-22(42)38-15-17-39(18-16-38)30(43)20-40-31(44)21-48-34(28-19-27(46-3)13-14-29(28)47-4)32-33(23-5-7-24(36)8-6-23)37-41(35(32)40)25-9-11-26(45-2)12-10-25/h5-14,19,34H,15-18,20-21H2,1-4H3. The zero-order valence-corrected chi connectivity index (χ0v) is 28.7. The SMILES string of the molecule is COc1ccc(-n2nc(-c3ccc(Cl)cc3)c3c2N(CC(=O)N2CCN(C(C)=O)CC2)C(=O)CSC3c2cc(OC)ccc2OC)cc1. The molecule has 0 spiro atoms. The average molecular weight is 690 g/mol. The van der Waals surface area contributed by atoms with Gasteiger partial charge in [0.25, 0.3) is 0 Å². The molecule has 0 N–H and O–H groups in total. The quantitative estimate of drug-likeness (QED) is 0.252. The number of anilines is 1. The number of rotatable bonds is 8. The van der Waals surface area contributed by atoms with E-state index in [0.717, 1.165) is 16.7 Å². The van der Waals surface area contributed by atoms with Crippen LogP contribution in [0.1, 0.15) is 23.3 Å². The van der Waals surface area contributed by atoms with Crippen LogP contribution in [0.4, 0.5) is 5.82 Å². The van der Waals surface area contributed by atoms with Crippen LogP contribution in [0.25, 0.3) is 16.9 Å². The summed E-state index contributed by atoms with van der Waals surface area (Å²) < 4.78 is 18.6. The minimum atomic E-state index is -0.439. The van der Waals surface area contributed by atoms with Crippen molar-refractivity contribution in [1.29, 1.82) is 0 Å². The molecule has 4 aromatic rings. The second-order valence-electron chi connectivity index (χ2n) is 11.4. The lowest BCUT2D eigenvalue weighted by Gasteiger charge is -2.35. The van der Waals surface area contributed by atoms with E-state index in [-0.39, 0.29) is 30.0 Å². The fourth-order valence-electron chi connectivity index (χ4n) is 6.04. The number of methoxy groups -OCH3 is 3. The van der Waals surface area contributed by atoms with Gasteiger partial charge in [0.2, 0.25) is 17.7 Å². The number of amides is 3. The van der Waals surface area contributed by atoms with Crippen molar-refractivity contribution in [3.8, 4) is 34.2 Å². The topological polar surface area (TPSA) is 106 Å². The summed E-state index contributed by atoms with van der Waals surface area (Å²) in [6, 6.07) is 20.3. The van der Waals surface area contributed by atoms with E-state index in [0.29, 0.717) is 65.6 Å². The summed E-state index contributed by atoms with van der Waals surface area (Å²) in [5.74, 6) is 2.02. The van der Waals surface area contributed by atoms with E-state index < -0.39 is 5.25 Å². The number of thioether (sulfide) groups is 1. The van der Waals surface area contributed by atoms with E-state index in [2.05, 4.69) is 0 Å². The van der Waals surface area contributed by atoms with Crippen LogP contribution in [0.15, 0.2) is 66.7 Å². The molecule has 1 saturated heterocycles. The zero-order valence-electron chi connectivity index (χ0n) is 27.1. The minimum absolute atomic E-state index is 0.0244. The zero-order chi connectivity index (χ0) is 33.9. The van der Waals surface area contributed by atoms with Crippen molar-refractivity contribution in [2.75, 3.05) is 64.7 Å². The van der Waals surface area contributed by atoms with Crippen molar-refractivity contribution in [1.82, 2.24) is 19.6 Å². The molecule has 250 valence electrons. The van der Waals surface area contributed by atoms with Gasteiger partial charge < -0.3 is 24.0 Å². The van der Waals surface area contributed by atoms with Crippen LogP contribution in [-0.2, 0) is 14.4 Å². The molecule has 0 aliphatic carbocycles. The minimum Gasteiger partial charge on any atom is -0.497 e. The molecule has 2 aliphatic heterocycles. The molecular formula is C35H36ClN5O6S. The molecule has 3 heterocycles. The lowest BCUT2D eigenvalue weighted by Crippen LogP contribution is -2.53. The Morgan fingerprint density at radius 3 is 2.15 bits per heavy atom. The first-order valence-corrected chi connectivity index (χ1v) is 16.9. The summed E-state index contributed by atoms with van der Waals surface area (Å²) in [4.78, 5) is 45.0. The maximum atomic E-state index is 14.2. The number of nitrogens with zero attached hydrogens (tertiary/aromatic N) is 5. The van der Waals surface area contributed by atoms with Gasteiger partial charge in [-0.25, -0.2) is 4.68 Å². The van der Waals surface area contributed by atoms with Gasteiger partial charge in [-0.05, 0) is 54.6 Å². The molecule has 6 rings (SSSR count). The summed E-state index contributed by atoms with van der Waals surface area (Å²) in [7, 11) is 4.81. The van der Waals surface area contributed by atoms with Crippen LogP contribution in [-0.4, -0.2) is 97.1 Å². The third-order valence-corrected chi connectivity index (χ3v) is 10.1. The number of fused-ring (bicyclic) bond motifs is 1. The summed E-state index contributed by atoms with van der Waals surface area (Å²) >= 11 is 7.74. The van der Waals surface area contributed by atoms with Gasteiger partial charge in [-0.3, -0.25) is 19.3 Å². The Labute approximate surface area is 288 Å². The molecule has 1 unspecified atom stereocenters. The number of hydrogen-bond donors (Lipinski definition) is 0. The Balaban J connectivity index is 1.56. The Morgan fingerprint density at radius 2 is 1.52 bits per heavy atom. The van der Waals surface area contributed by atoms with Crippen molar-refractivity contribution in [2.45, 2.75) is 12.2 Å². The average Bonchev–Trinajstić information content (AvgIpc) is 3.44. The van der Waals surface area contributed by atoms with Gasteiger partial charge in [0.15, 0.2) is 0 Å². The first kappa shape index (κ1) is 33.2. The molecule has 3 aromatic carbocycles. The van der Waals surface area contributed by atoms with Gasteiger partial charge >= 0.3 is 0 Å². The van der Waals surface area contributed by atoms with E-state index in [1.807, 2.05) is 54.6 Å². The highest BCUT2D eigenvalue weighted by Crippen LogP contribution is 2.51. The number of hydrogen-bond acceptors (Lipinski definition) is 8. The Hall–Kier alpha value is -4.68. The van der Waals surface area contributed by atoms with Gasteiger partial charge in [-0.1, -0.05) is 23.7 Å². The molecular weight excluding hydrogens is 654 g/mol. The Bertz CT molecular complexity index is 1820. The molecule has 2 aliphatic rings. The van der Waals surface area contributed by atoms with Crippen LogP contribution >= 0.6 is 23.4 Å². The van der Waals surface area contributed by atoms with Crippen LogP contribution in [0.2, 0.25) is 5.02 Å². The first-order valence-electron chi connectivity index (χ1n) is 15.4. The van der Waals surface area contributed by atoms with Crippen molar-refractivity contribution < 1.29 is 28.6 Å². The van der Waals surface area contributed by atoms with E-state index >= 15 is 0 Å². The van der Waals surface area contributed by atoms with E-state index in [1.54, 1.807) is 52.8 Å². The highest BCUT2D eigenvalue weighted by Gasteiger charge is 2.39. The van der Waals surface area contributed by atoms with Crippen LogP contribution < -0.4 is 19.1 Å². The number of benzene rings is 3. The number of ether oxygens (including phenoxy) is 3. The largest absolute Gasteiger partial charge is 0.497 e. The maximum Gasteiger partial charge on any atom is 0.242 e. The van der Waals surface area contributed by atoms with Gasteiger partial charge in [0, 0.05) is 54.8 Å². The predicted octanol–water partition coefficient (Wildman–Crippen LogP) is 5.08. The molecule has 1 atom stereocenters. The highest BCUT2D eigenvalue weighted by atomic mass is 35.5. The maximum absolute atomic E-state index is 14.2. The highest BCUT2D eigenvalue weighted by molar-refractivity contribution is 8.00. The summed E-state index contributed by atoms with van der Waals surface area (Å²) in [5.41, 5.74) is 3.63. The van der Waals surface area contributed by atoms with Gasteiger partial charge in [0.1, 0.15) is 29.6 Å². The molecule has 11 nitrogen and oxygen atoms in total. The van der Waals surface area contributed by atoms with Crippen LogP contribution in [0.5, 0.6) is 17.2 Å². The second kappa shape index (κ2) is 14.2. The molecule has 0 radical (unpaired) electrons. The molecule has 0 saturated carbocycles. The monoisotopic (exact) mass is 689 g/mol. The molecule has 13 heteroatoms. The molecule has 48 heavy (non-hydrogen) atoms. The van der Waals surface area contributed by atoms with E-state index in [1.165, 1.54) is 18.7 Å². The van der Waals surface area contributed by atoms with Gasteiger partial charge in [0.05, 0.1) is 43.7 Å². The molecule has 1 aromatic heterocycles. The summed E-state index contributed by atoms with van der Waals surface area (Å²) in [5, 5.41) is 5.29. The van der Waals surface area contributed by atoms with Gasteiger partial charge in [-0.2, -0.15) is 5.10 Å². The van der Waals surface area contributed by atoms with Crippen molar-refractivity contribution in [3.05, 3.63) is 82.9 Å². The fourth-order valence-corrected chi connectivity index (χ4v) is 7.38. The normalized spacial score (nSPS) is 16.3. The summed E-state index contributed by atoms with van der Waals surface area (Å²) in [6.45, 7) is 2.99. The molecule has 0 bridgehead atoms. The lowest BCUT2D eigenvalue weighted by molar-refractivity contribution is -0.137. The third kappa shape index (κ3) is 6.54.